The number of allylic oxidation sites excluding steroid dienone is 2. The summed E-state index contributed by atoms with van der Waals surface area (Å²) in [6, 6.07) is 6.69. The van der Waals surface area contributed by atoms with E-state index < -0.39 is 0 Å². The first-order valence-corrected chi connectivity index (χ1v) is 16.7. The lowest BCUT2D eigenvalue weighted by molar-refractivity contribution is 0.0376. The van der Waals surface area contributed by atoms with Gasteiger partial charge in [0, 0.05) is 62.9 Å². The molecule has 4 heterocycles. The molecule has 0 aliphatic carbocycles. The molecule has 1 aromatic carbocycles. The number of rotatable bonds is 9. The van der Waals surface area contributed by atoms with Crippen LogP contribution in [0.4, 0.5) is 23.1 Å². The highest BCUT2D eigenvalue weighted by Gasteiger charge is 2.38. The van der Waals surface area contributed by atoms with E-state index in [0.29, 0.717) is 22.3 Å². The molecular weight excluding hydrogens is 554 g/mol. The van der Waals surface area contributed by atoms with Crippen LogP contribution < -0.4 is 15.1 Å². The van der Waals surface area contributed by atoms with Crippen molar-refractivity contribution in [2.75, 3.05) is 68.0 Å². The third kappa shape index (κ3) is 7.49. The van der Waals surface area contributed by atoms with E-state index in [1.807, 2.05) is 6.08 Å². The fourth-order valence-corrected chi connectivity index (χ4v) is 7.17. The van der Waals surface area contributed by atoms with Gasteiger partial charge >= 0.3 is 0 Å². The third-order valence-corrected chi connectivity index (χ3v) is 10.7. The summed E-state index contributed by atoms with van der Waals surface area (Å²) >= 11 is 6.55. The lowest BCUT2D eigenvalue weighted by atomic mass is 9.71. The van der Waals surface area contributed by atoms with Crippen LogP contribution in [0, 0.1) is 11.3 Å². The normalized spacial score (nSPS) is 20.1. The van der Waals surface area contributed by atoms with Crippen LogP contribution in [0.1, 0.15) is 71.8 Å². The summed E-state index contributed by atoms with van der Waals surface area (Å²) in [5, 5.41) is 3.95. The van der Waals surface area contributed by atoms with Crippen molar-refractivity contribution >= 4 is 40.8 Å². The fourth-order valence-electron chi connectivity index (χ4n) is 7.04. The zero-order valence-corrected chi connectivity index (χ0v) is 27.8. The number of likely N-dealkylation sites (tertiary alicyclic amines) is 2. The van der Waals surface area contributed by atoms with E-state index in [2.05, 4.69) is 95.5 Å². The van der Waals surface area contributed by atoms with E-state index >= 15 is 0 Å². The molecule has 0 amide bonds. The average Bonchev–Trinajstić information content (AvgIpc) is 3.03. The average molecular weight is 606 g/mol. The van der Waals surface area contributed by atoms with Crippen molar-refractivity contribution in [1.29, 1.82) is 0 Å². The van der Waals surface area contributed by atoms with Gasteiger partial charge in [-0.05, 0) is 114 Å². The van der Waals surface area contributed by atoms with Gasteiger partial charge in [-0.3, -0.25) is 0 Å². The van der Waals surface area contributed by atoms with Crippen LogP contribution in [-0.4, -0.2) is 78.7 Å². The molecule has 0 unspecified atom stereocenters. The molecule has 0 atom stereocenters. The molecule has 0 saturated carbocycles. The Morgan fingerprint density at radius 2 is 1.79 bits per heavy atom. The van der Waals surface area contributed by atoms with E-state index in [4.69, 9.17) is 16.6 Å². The largest absolute Gasteiger partial charge is 0.375 e. The van der Waals surface area contributed by atoms with Crippen LogP contribution >= 0.6 is 11.6 Å². The highest BCUT2D eigenvalue weighted by atomic mass is 35.5. The van der Waals surface area contributed by atoms with Gasteiger partial charge in [0.2, 0.25) is 5.95 Å². The molecule has 234 valence electrons. The van der Waals surface area contributed by atoms with Crippen molar-refractivity contribution in [2.45, 2.75) is 72.3 Å². The molecule has 43 heavy (non-hydrogen) atoms. The van der Waals surface area contributed by atoms with Crippen LogP contribution in [0.15, 0.2) is 42.7 Å². The molecule has 1 aromatic heterocycles. The third-order valence-electron chi connectivity index (χ3n) is 10.5. The van der Waals surface area contributed by atoms with Gasteiger partial charge in [0.1, 0.15) is 5.02 Å². The van der Waals surface area contributed by atoms with E-state index in [-0.39, 0.29) is 0 Å². The lowest BCUT2D eigenvalue weighted by Gasteiger charge is -2.48. The number of hydrogen-bond donors (Lipinski definition) is 1. The molecule has 7 nitrogen and oxygen atoms in total. The van der Waals surface area contributed by atoms with E-state index in [1.54, 1.807) is 6.20 Å². The molecule has 3 fully saturated rings. The summed E-state index contributed by atoms with van der Waals surface area (Å²) < 4.78 is 0. The zero-order valence-electron chi connectivity index (χ0n) is 27.1. The second kappa shape index (κ2) is 13.9. The molecule has 5 rings (SSSR count). The first-order valence-electron chi connectivity index (χ1n) is 16.3. The Kier molecular flexibility index (Phi) is 10.2. The highest BCUT2D eigenvalue weighted by Crippen LogP contribution is 2.42. The van der Waals surface area contributed by atoms with Crippen LogP contribution in [0.5, 0.6) is 0 Å². The molecule has 2 aromatic rings. The van der Waals surface area contributed by atoms with Gasteiger partial charge in [0.15, 0.2) is 5.82 Å². The number of nitrogens with one attached hydrogen (secondary N) is 1. The SMILES string of the molecule is C=Cc1cc(Nc2nc(N3CCC(CN4CCC5(CC4)CCN(/C(C)=C/C)CC5)CC3)ncc2Cl)ccc1N(C)C(C)C. The van der Waals surface area contributed by atoms with Crippen molar-refractivity contribution in [3.05, 3.63) is 53.3 Å². The maximum Gasteiger partial charge on any atom is 0.227 e. The van der Waals surface area contributed by atoms with Crippen molar-refractivity contribution in [3.63, 3.8) is 0 Å². The monoisotopic (exact) mass is 605 g/mol. The Bertz CT molecular complexity index is 1260. The number of aromatic nitrogens is 2. The molecular formula is C35H52ClN7. The minimum atomic E-state index is 0.397. The Hall–Kier alpha value is -2.77. The maximum absolute atomic E-state index is 6.55. The van der Waals surface area contributed by atoms with Gasteiger partial charge in [-0.25, -0.2) is 4.98 Å². The first kappa shape index (κ1) is 31.6. The van der Waals surface area contributed by atoms with Gasteiger partial charge < -0.3 is 24.9 Å². The summed E-state index contributed by atoms with van der Waals surface area (Å²) in [5.41, 5.74) is 5.18. The minimum Gasteiger partial charge on any atom is -0.375 e. The number of halogens is 1. The summed E-state index contributed by atoms with van der Waals surface area (Å²) in [6.07, 6.45) is 13.7. The van der Waals surface area contributed by atoms with Crippen molar-refractivity contribution in [2.24, 2.45) is 11.3 Å². The summed E-state index contributed by atoms with van der Waals surface area (Å²) in [5.74, 6) is 2.14. The molecule has 1 spiro atoms. The topological polar surface area (TPSA) is 50.8 Å². The van der Waals surface area contributed by atoms with Gasteiger partial charge in [0.05, 0.1) is 6.20 Å². The van der Waals surface area contributed by atoms with E-state index in [0.717, 1.165) is 41.9 Å². The standard InChI is InChI=1S/C35H52ClN7/c1-7-27(5)42-21-15-35(16-22-42)13-19-41(20-14-35)25-28-11-17-43(18-12-28)34-37-24-31(36)33(39-34)38-30-9-10-32(29(8-2)23-30)40(6)26(3)4/h7-10,23-24,26,28H,2,11-22,25H2,1,3-6H3,(H,37,38,39)/b27-7+. The summed E-state index contributed by atoms with van der Waals surface area (Å²) in [6.45, 7) is 21.0. The number of anilines is 4. The Labute approximate surface area is 265 Å². The Balaban J connectivity index is 1.12. The predicted molar refractivity (Wildman–Crippen MR) is 184 cm³/mol. The van der Waals surface area contributed by atoms with Crippen molar-refractivity contribution < 1.29 is 0 Å². The van der Waals surface area contributed by atoms with Crippen molar-refractivity contribution in [3.8, 4) is 0 Å². The number of benzene rings is 1. The molecule has 8 heteroatoms. The maximum atomic E-state index is 6.55. The Morgan fingerprint density at radius 1 is 1.12 bits per heavy atom. The Morgan fingerprint density at radius 3 is 2.42 bits per heavy atom. The fraction of sp³-hybridized carbons (Fsp3) is 0.600. The second-order valence-corrected chi connectivity index (χ2v) is 13.7. The van der Waals surface area contributed by atoms with Gasteiger partial charge in [-0.15, -0.1) is 0 Å². The summed E-state index contributed by atoms with van der Waals surface area (Å²) in [4.78, 5) is 19.4. The highest BCUT2D eigenvalue weighted by molar-refractivity contribution is 6.32. The zero-order chi connectivity index (χ0) is 30.6. The number of hydrogen-bond acceptors (Lipinski definition) is 7. The molecule has 3 aliphatic heterocycles. The molecule has 3 aliphatic rings. The van der Waals surface area contributed by atoms with Crippen LogP contribution in [-0.2, 0) is 0 Å². The van der Waals surface area contributed by atoms with E-state index in [9.17, 15) is 0 Å². The smallest absolute Gasteiger partial charge is 0.227 e. The van der Waals surface area contributed by atoms with Gasteiger partial charge in [-0.1, -0.05) is 30.3 Å². The molecule has 0 radical (unpaired) electrons. The van der Waals surface area contributed by atoms with Crippen molar-refractivity contribution in [1.82, 2.24) is 19.8 Å². The minimum absolute atomic E-state index is 0.397. The number of nitrogens with zero attached hydrogens (tertiary/aromatic N) is 6. The van der Waals surface area contributed by atoms with Gasteiger partial charge in [0.25, 0.3) is 0 Å². The van der Waals surface area contributed by atoms with Gasteiger partial charge in [-0.2, -0.15) is 4.98 Å². The number of piperidine rings is 3. The lowest BCUT2D eigenvalue weighted by Crippen LogP contribution is -2.48. The molecule has 0 bridgehead atoms. The predicted octanol–water partition coefficient (Wildman–Crippen LogP) is 7.68. The second-order valence-electron chi connectivity index (χ2n) is 13.3. The summed E-state index contributed by atoms with van der Waals surface area (Å²) in [7, 11) is 2.11. The molecule has 1 N–H and O–H groups in total. The van der Waals surface area contributed by atoms with Crippen LogP contribution in [0.2, 0.25) is 5.02 Å². The van der Waals surface area contributed by atoms with Crippen LogP contribution in [0.25, 0.3) is 6.08 Å². The first-order chi connectivity index (χ1) is 20.7. The quantitative estimate of drug-likeness (QED) is 0.314. The molecule has 3 saturated heterocycles. The van der Waals surface area contributed by atoms with Crippen LogP contribution in [0.3, 0.4) is 0 Å². The van der Waals surface area contributed by atoms with E-state index in [1.165, 1.54) is 76.9 Å².